The average molecular weight is 515 g/mol. The molecule has 9 nitrogen and oxygen atoms in total. The third-order valence-electron chi connectivity index (χ3n) is 6.11. The third kappa shape index (κ3) is 4.64. The Balaban J connectivity index is 1.30. The summed E-state index contributed by atoms with van der Waals surface area (Å²) >= 11 is 0. The fraction of sp³-hybridized carbons (Fsp3) is 0.148. The molecule has 2 heterocycles. The zero-order chi connectivity index (χ0) is 26.0. The highest BCUT2D eigenvalue weighted by molar-refractivity contribution is 7.92. The monoisotopic (exact) mass is 514 g/mol. The molecule has 2 N–H and O–H groups in total. The van der Waals surface area contributed by atoms with Crippen molar-refractivity contribution < 1.29 is 23.1 Å². The minimum absolute atomic E-state index is 0.0557. The van der Waals surface area contributed by atoms with E-state index in [0.29, 0.717) is 23.3 Å². The van der Waals surface area contributed by atoms with Gasteiger partial charge >= 0.3 is 5.97 Å². The van der Waals surface area contributed by atoms with E-state index in [2.05, 4.69) is 9.97 Å². The maximum atomic E-state index is 13.3. The van der Waals surface area contributed by atoms with Crippen LogP contribution in [-0.2, 0) is 21.2 Å². The minimum Gasteiger partial charge on any atom is -0.507 e. The number of aromatic nitrogens is 2. The van der Waals surface area contributed by atoms with Crippen molar-refractivity contribution in [2.75, 3.05) is 17.5 Å². The highest BCUT2D eigenvalue weighted by Gasteiger charge is 2.29. The molecule has 5 rings (SSSR count). The number of carbonyl (C=O) groups is 1. The van der Waals surface area contributed by atoms with E-state index in [1.807, 2.05) is 30.3 Å². The maximum Gasteiger partial charge on any atom is 0.338 e. The maximum absolute atomic E-state index is 13.3. The van der Waals surface area contributed by atoms with E-state index in [0.717, 1.165) is 18.4 Å². The summed E-state index contributed by atoms with van der Waals surface area (Å²) in [6.45, 7) is -0.176. The van der Waals surface area contributed by atoms with Gasteiger partial charge in [0.15, 0.2) is 11.6 Å². The molecule has 0 unspecified atom stereocenters. The molecule has 0 bridgehead atoms. The summed E-state index contributed by atoms with van der Waals surface area (Å²) in [5.74, 6) is -1.08. The topological polar surface area (TPSA) is 136 Å². The number of nitrogens with zero attached hydrogens (tertiary/aromatic N) is 3. The lowest BCUT2D eigenvalue weighted by molar-refractivity contribution is 0.0502. The van der Waals surface area contributed by atoms with Gasteiger partial charge in [0.1, 0.15) is 18.2 Å². The minimum atomic E-state index is -3.81. The molecule has 0 atom stereocenters. The number of anilines is 1. The molecule has 0 fully saturated rings. The number of ether oxygens (including phenoxy) is 1. The van der Waals surface area contributed by atoms with Crippen LogP contribution in [0.25, 0.3) is 16.6 Å². The Morgan fingerprint density at radius 1 is 1.08 bits per heavy atom. The van der Waals surface area contributed by atoms with Gasteiger partial charge in [-0.2, -0.15) is 5.26 Å². The normalized spacial score (nSPS) is 14.0. The summed E-state index contributed by atoms with van der Waals surface area (Å²) in [6, 6.07) is 21.9. The molecule has 186 valence electrons. The molecule has 37 heavy (non-hydrogen) atoms. The number of aliphatic hydroxyl groups excluding tert-OH is 1. The molecule has 1 aliphatic rings. The first-order valence-electron chi connectivity index (χ1n) is 11.5. The van der Waals surface area contributed by atoms with Crippen molar-refractivity contribution in [3.63, 3.8) is 0 Å². The van der Waals surface area contributed by atoms with E-state index in [1.54, 1.807) is 24.3 Å². The zero-order valence-electron chi connectivity index (χ0n) is 19.6. The van der Waals surface area contributed by atoms with Gasteiger partial charge in [0.25, 0.3) is 10.0 Å². The van der Waals surface area contributed by atoms with Crippen molar-refractivity contribution in [3.05, 3.63) is 95.5 Å². The molecule has 0 radical (unpaired) electrons. The number of aryl methyl sites for hydroxylation is 1. The molecule has 1 aliphatic heterocycles. The molecule has 0 saturated carbocycles. The van der Waals surface area contributed by atoms with E-state index in [9.17, 15) is 23.6 Å². The first-order chi connectivity index (χ1) is 17.9. The van der Waals surface area contributed by atoms with Crippen LogP contribution in [0.3, 0.4) is 0 Å². The number of nitriles is 1. The molecule has 4 aromatic rings. The average Bonchev–Trinajstić information content (AvgIpc) is 3.35. The van der Waals surface area contributed by atoms with Crippen LogP contribution in [0.5, 0.6) is 0 Å². The van der Waals surface area contributed by atoms with Crippen LogP contribution in [0.4, 0.5) is 5.69 Å². The summed E-state index contributed by atoms with van der Waals surface area (Å²) in [4.78, 5) is 19.8. The van der Waals surface area contributed by atoms with E-state index < -0.39 is 28.4 Å². The van der Waals surface area contributed by atoms with Crippen molar-refractivity contribution in [1.82, 2.24) is 9.97 Å². The van der Waals surface area contributed by atoms with Gasteiger partial charge in [-0.1, -0.05) is 30.3 Å². The number of carbonyl (C=O) groups excluding carboxylic acids is 1. The number of benzene rings is 3. The number of aromatic amines is 1. The van der Waals surface area contributed by atoms with Crippen LogP contribution in [-0.4, -0.2) is 42.6 Å². The largest absolute Gasteiger partial charge is 0.507 e. The number of imidazole rings is 1. The Bertz CT molecular complexity index is 1630. The van der Waals surface area contributed by atoms with Crippen LogP contribution in [0, 0.1) is 11.3 Å². The Labute approximate surface area is 213 Å². The molecule has 0 amide bonds. The SMILES string of the molecule is N#CC(=C(O)COC(=O)c1ccc(S(=O)(=O)N2CCCc3ccccc32)cc1)c1nc2ccccc2[nH]1. The summed E-state index contributed by atoms with van der Waals surface area (Å²) in [5.41, 5.74) is 2.92. The Morgan fingerprint density at radius 3 is 2.57 bits per heavy atom. The predicted molar refractivity (Wildman–Crippen MR) is 137 cm³/mol. The Morgan fingerprint density at radius 2 is 1.81 bits per heavy atom. The first kappa shape index (κ1) is 24.1. The van der Waals surface area contributed by atoms with E-state index in [4.69, 9.17) is 4.74 Å². The van der Waals surface area contributed by atoms with Gasteiger partial charge < -0.3 is 14.8 Å². The Kier molecular flexibility index (Phi) is 6.38. The fourth-order valence-electron chi connectivity index (χ4n) is 4.25. The number of fused-ring (bicyclic) bond motifs is 2. The number of aliphatic hydroxyl groups is 1. The molecule has 10 heteroatoms. The summed E-state index contributed by atoms with van der Waals surface area (Å²) in [6.07, 6.45) is 1.54. The highest BCUT2D eigenvalue weighted by Crippen LogP contribution is 2.31. The first-order valence-corrected chi connectivity index (χ1v) is 13.0. The zero-order valence-corrected chi connectivity index (χ0v) is 20.4. The van der Waals surface area contributed by atoms with Crippen LogP contribution < -0.4 is 4.31 Å². The highest BCUT2D eigenvalue weighted by atomic mass is 32.2. The van der Waals surface area contributed by atoms with E-state index in [1.165, 1.54) is 28.6 Å². The third-order valence-corrected chi connectivity index (χ3v) is 7.94. The van der Waals surface area contributed by atoms with E-state index >= 15 is 0 Å². The number of rotatable bonds is 6. The van der Waals surface area contributed by atoms with Crippen LogP contribution in [0.15, 0.2) is 83.5 Å². The number of para-hydroxylation sites is 3. The van der Waals surface area contributed by atoms with E-state index in [-0.39, 0.29) is 21.9 Å². The number of allylic oxidation sites excluding steroid dienone is 1. The number of esters is 1. The summed E-state index contributed by atoms with van der Waals surface area (Å²) in [5, 5.41) is 19.9. The van der Waals surface area contributed by atoms with Crippen LogP contribution in [0.2, 0.25) is 0 Å². The van der Waals surface area contributed by atoms with Crippen molar-refractivity contribution >= 4 is 38.3 Å². The van der Waals surface area contributed by atoms with Gasteiger partial charge in [-0.15, -0.1) is 0 Å². The van der Waals surface area contributed by atoms with Gasteiger partial charge in [-0.3, -0.25) is 4.31 Å². The molecular weight excluding hydrogens is 492 g/mol. The van der Waals surface area contributed by atoms with Crippen molar-refractivity contribution in [2.45, 2.75) is 17.7 Å². The van der Waals surface area contributed by atoms with Crippen molar-refractivity contribution in [2.24, 2.45) is 0 Å². The summed E-state index contributed by atoms with van der Waals surface area (Å²) < 4.78 is 33.1. The lowest BCUT2D eigenvalue weighted by atomic mass is 10.0. The van der Waals surface area contributed by atoms with Crippen molar-refractivity contribution in [3.8, 4) is 6.07 Å². The lowest BCUT2D eigenvalue weighted by Crippen LogP contribution is -2.35. The molecule has 0 saturated heterocycles. The number of hydrogen-bond acceptors (Lipinski definition) is 7. The molecule has 0 aliphatic carbocycles. The molecule has 0 spiro atoms. The molecule has 1 aromatic heterocycles. The smallest absolute Gasteiger partial charge is 0.338 e. The summed E-state index contributed by atoms with van der Waals surface area (Å²) in [7, 11) is -3.81. The molecular formula is C27H22N4O5S. The predicted octanol–water partition coefficient (Wildman–Crippen LogP) is 4.35. The fourth-order valence-corrected chi connectivity index (χ4v) is 5.79. The second-order valence-electron chi connectivity index (χ2n) is 8.45. The van der Waals surface area contributed by atoms with Gasteiger partial charge in [-0.05, 0) is 60.9 Å². The second-order valence-corrected chi connectivity index (χ2v) is 10.3. The van der Waals surface area contributed by atoms with Gasteiger partial charge in [0.05, 0.1) is 27.2 Å². The number of nitrogens with one attached hydrogen (secondary N) is 1. The lowest BCUT2D eigenvalue weighted by Gasteiger charge is -2.30. The van der Waals surface area contributed by atoms with Gasteiger partial charge in [-0.25, -0.2) is 18.2 Å². The number of H-pyrrole nitrogens is 1. The number of sulfonamides is 1. The Hall–Kier alpha value is -4.62. The molecule has 3 aromatic carbocycles. The standard InChI is InChI=1S/C27H22N4O5S/c28-16-21(26-29-22-8-2-3-9-23(22)30-26)25(32)17-36-27(33)19-11-13-20(14-12-19)37(34,35)31-15-5-7-18-6-1-4-10-24(18)31/h1-4,6,8-14,32H,5,7,15,17H2,(H,29,30). The van der Waals surface area contributed by atoms with Crippen molar-refractivity contribution in [1.29, 1.82) is 5.26 Å². The number of hydrogen-bond donors (Lipinski definition) is 2. The van der Waals surface area contributed by atoms with Gasteiger partial charge in [0, 0.05) is 6.54 Å². The van der Waals surface area contributed by atoms with Crippen LogP contribution >= 0.6 is 0 Å². The quantitative estimate of drug-likeness (QED) is 0.222. The van der Waals surface area contributed by atoms with Gasteiger partial charge in [0.2, 0.25) is 0 Å². The van der Waals surface area contributed by atoms with Crippen LogP contribution in [0.1, 0.15) is 28.2 Å². The second kappa shape index (κ2) is 9.79.